The summed E-state index contributed by atoms with van der Waals surface area (Å²) >= 11 is 0. The van der Waals surface area contributed by atoms with Gasteiger partial charge < -0.3 is 5.11 Å². The number of carbonyl (C=O) groups is 1. The summed E-state index contributed by atoms with van der Waals surface area (Å²) in [5.41, 5.74) is -2.51. The fourth-order valence-corrected chi connectivity index (χ4v) is 1.63. The zero-order valence-electron chi connectivity index (χ0n) is 8.62. The SMILES string of the molecule is O=C(O)c1cnc2ccc(F)cc2c1C(F)(F)F. The molecule has 0 radical (unpaired) electrons. The molecular formula is C11H5F4NO2. The van der Waals surface area contributed by atoms with E-state index < -0.39 is 34.5 Å². The van der Waals surface area contributed by atoms with Gasteiger partial charge in [0.05, 0.1) is 16.6 Å². The lowest BCUT2D eigenvalue weighted by molar-refractivity contribution is -0.136. The van der Waals surface area contributed by atoms with Crippen LogP contribution < -0.4 is 0 Å². The van der Waals surface area contributed by atoms with E-state index in [0.29, 0.717) is 12.3 Å². The Bertz CT molecular complexity index is 637. The molecule has 0 aliphatic rings. The van der Waals surface area contributed by atoms with Gasteiger partial charge in [0.2, 0.25) is 0 Å². The zero-order chi connectivity index (χ0) is 13.5. The van der Waals surface area contributed by atoms with Crippen LogP contribution in [0, 0.1) is 5.82 Å². The first kappa shape index (κ1) is 12.3. The third kappa shape index (κ3) is 1.99. The van der Waals surface area contributed by atoms with E-state index in [1.54, 1.807) is 0 Å². The van der Waals surface area contributed by atoms with Gasteiger partial charge in [-0.3, -0.25) is 4.98 Å². The number of carboxylic acids is 1. The Morgan fingerprint density at radius 2 is 1.94 bits per heavy atom. The van der Waals surface area contributed by atoms with Gasteiger partial charge in [-0.1, -0.05) is 0 Å². The molecule has 0 saturated heterocycles. The number of benzene rings is 1. The maximum atomic E-state index is 13.0. The van der Waals surface area contributed by atoms with Crippen LogP contribution >= 0.6 is 0 Å². The fourth-order valence-electron chi connectivity index (χ4n) is 1.63. The normalized spacial score (nSPS) is 11.8. The number of pyridine rings is 1. The van der Waals surface area contributed by atoms with Crippen molar-refractivity contribution in [3.8, 4) is 0 Å². The molecule has 2 rings (SSSR count). The van der Waals surface area contributed by atoms with E-state index in [-0.39, 0.29) is 5.52 Å². The van der Waals surface area contributed by atoms with Crippen LogP contribution in [0.2, 0.25) is 0 Å². The Kier molecular flexibility index (Phi) is 2.68. The average Bonchev–Trinajstić information content (AvgIpc) is 2.25. The van der Waals surface area contributed by atoms with Gasteiger partial charge in [-0.05, 0) is 18.2 Å². The second kappa shape index (κ2) is 3.94. The number of nitrogens with zero attached hydrogens (tertiary/aromatic N) is 1. The second-order valence-corrected chi connectivity index (χ2v) is 3.51. The number of aromatic carboxylic acids is 1. The number of hydrogen-bond donors (Lipinski definition) is 1. The van der Waals surface area contributed by atoms with Crippen molar-refractivity contribution in [3.63, 3.8) is 0 Å². The van der Waals surface area contributed by atoms with E-state index in [4.69, 9.17) is 5.11 Å². The molecule has 3 nitrogen and oxygen atoms in total. The minimum atomic E-state index is -4.90. The van der Waals surface area contributed by atoms with Crippen molar-refractivity contribution >= 4 is 16.9 Å². The zero-order valence-corrected chi connectivity index (χ0v) is 8.62. The quantitative estimate of drug-likeness (QED) is 0.800. The Morgan fingerprint density at radius 1 is 1.28 bits per heavy atom. The molecule has 0 amide bonds. The third-order valence-corrected chi connectivity index (χ3v) is 2.34. The van der Waals surface area contributed by atoms with Crippen molar-refractivity contribution in [3.05, 3.63) is 41.3 Å². The molecular weight excluding hydrogens is 254 g/mol. The second-order valence-electron chi connectivity index (χ2n) is 3.51. The van der Waals surface area contributed by atoms with Gasteiger partial charge in [-0.2, -0.15) is 13.2 Å². The van der Waals surface area contributed by atoms with E-state index in [2.05, 4.69) is 4.98 Å². The first-order chi connectivity index (χ1) is 8.30. The third-order valence-electron chi connectivity index (χ3n) is 2.34. The number of halogens is 4. The standard InChI is InChI=1S/C11H5F4NO2/c12-5-1-2-8-6(3-5)9(11(13,14)15)7(4-16-8)10(17)18/h1-4H,(H,17,18). The molecule has 0 fully saturated rings. The lowest BCUT2D eigenvalue weighted by Gasteiger charge is -2.12. The highest BCUT2D eigenvalue weighted by atomic mass is 19.4. The predicted octanol–water partition coefficient (Wildman–Crippen LogP) is 3.09. The number of aromatic nitrogens is 1. The van der Waals surface area contributed by atoms with Crippen LogP contribution in [0.15, 0.2) is 24.4 Å². The van der Waals surface area contributed by atoms with Crippen LogP contribution in [0.4, 0.5) is 17.6 Å². The molecule has 1 aromatic carbocycles. The van der Waals surface area contributed by atoms with Gasteiger partial charge in [0.25, 0.3) is 0 Å². The largest absolute Gasteiger partial charge is 0.478 e. The summed E-state index contributed by atoms with van der Waals surface area (Å²) < 4.78 is 51.6. The molecule has 1 aromatic heterocycles. The summed E-state index contributed by atoms with van der Waals surface area (Å²) in [5.74, 6) is -2.65. The fraction of sp³-hybridized carbons (Fsp3) is 0.0909. The first-order valence-corrected chi connectivity index (χ1v) is 4.69. The predicted molar refractivity (Wildman–Crippen MR) is 53.7 cm³/mol. The van der Waals surface area contributed by atoms with Gasteiger partial charge in [0, 0.05) is 11.6 Å². The number of fused-ring (bicyclic) bond motifs is 1. The van der Waals surface area contributed by atoms with Crippen molar-refractivity contribution in [2.75, 3.05) is 0 Å². The van der Waals surface area contributed by atoms with Gasteiger partial charge >= 0.3 is 12.1 Å². The number of hydrogen-bond acceptors (Lipinski definition) is 2. The van der Waals surface area contributed by atoms with Gasteiger partial charge in [-0.25, -0.2) is 9.18 Å². The maximum Gasteiger partial charge on any atom is 0.417 e. The summed E-state index contributed by atoms with van der Waals surface area (Å²) in [4.78, 5) is 14.3. The van der Waals surface area contributed by atoms with Crippen LogP contribution in [-0.4, -0.2) is 16.1 Å². The molecule has 0 saturated carbocycles. The molecule has 18 heavy (non-hydrogen) atoms. The molecule has 0 bridgehead atoms. The smallest absolute Gasteiger partial charge is 0.417 e. The molecule has 0 atom stereocenters. The molecule has 0 unspecified atom stereocenters. The summed E-state index contributed by atoms with van der Waals surface area (Å²) in [6.07, 6.45) is -4.28. The highest BCUT2D eigenvalue weighted by molar-refractivity contribution is 5.96. The van der Waals surface area contributed by atoms with Crippen molar-refractivity contribution in [2.45, 2.75) is 6.18 Å². The minimum absolute atomic E-state index is 0.117. The molecule has 7 heteroatoms. The molecule has 0 aliphatic heterocycles. The maximum absolute atomic E-state index is 13.0. The van der Waals surface area contributed by atoms with Crippen molar-refractivity contribution < 1.29 is 27.5 Å². The summed E-state index contributed by atoms with van der Waals surface area (Å²) in [6.45, 7) is 0. The number of carboxylic acid groups (broad SMARTS) is 1. The summed E-state index contributed by atoms with van der Waals surface area (Å²) in [7, 11) is 0. The van der Waals surface area contributed by atoms with E-state index in [1.807, 2.05) is 0 Å². The minimum Gasteiger partial charge on any atom is -0.478 e. The topological polar surface area (TPSA) is 50.2 Å². The van der Waals surface area contributed by atoms with Crippen LogP contribution in [-0.2, 0) is 6.18 Å². The van der Waals surface area contributed by atoms with Crippen LogP contribution in [0.5, 0.6) is 0 Å². The van der Waals surface area contributed by atoms with E-state index >= 15 is 0 Å². The number of alkyl halides is 3. The van der Waals surface area contributed by atoms with Gasteiger partial charge in [-0.15, -0.1) is 0 Å². The van der Waals surface area contributed by atoms with Crippen molar-refractivity contribution in [2.24, 2.45) is 0 Å². The van der Waals surface area contributed by atoms with Gasteiger partial charge in [0.15, 0.2) is 0 Å². The average molecular weight is 259 g/mol. The Balaban J connectivity index is 2.93. The number of rotatable bonds is 1. The Morgan fingerprint density at radius 3 is 2.50 bits per heavy atom. The molecule has 94 valence electrons. The van der Waals surface area contributed by atoms with Gasteiger partial charge in [0.1, 0.15) is 5.82 Å². The van der Waals surface area contributed by atoms with Crippen molar-refractivity contribution in [1.82, 2.24) is 4.98 Å². The molecule has 1 heterocycles. The van der Waals surface area contributed by atoms with Crippen LogP contribution in [0.3, 0.4) is 0 Å². The monoisotopic (exact) mass is 259 g/mol. The van der Waals surface area contributed by atoms with E-state index in [0.717, 1.165) is 12.1 Å². The highest BCUT2D eigenvalue weighted by Crippen LogP contribution is 2.36. The lowest BCUT2D eigenvalue weighted by atomic mass is 10.0. The molecule has 1 N–H and O–H groups in total. The van der Waals surface area contributed by atoms with Crippen LogP contribution in [0.25, 0.3) is 10.9 Å². The van der Waals surface area contributed by atoms with E-state index in [1.165, 1.54) is 0 Å². The van der Waals surface area contributed by atoms with Crippen molar-refractivity contribution in [1.29, 1.82) is 0 Å². The molecule has 0 aliphatic carbocycles. The van der Waals surface area contributed by atoms with Crippen LogP contribution in [0.1, 0.15) is 15.9 Å². The first-order valence-electron chi connectivity index (χ1n) is 4.69. The Hall–Kier alpha value is -2.18. The highest BCUT2D eigenvalue weighted by Gasteiger charge is 2.37. The molecule has 0 spiro atoms. The molecule has 2 aromatic rings. The summed E-state index contributed by atoms with van der Waals surface area (Å²) in [5, 5.41) is 8.16. The van der Waals surface area contributed by atoms with E-state index in [9.17, 15) is 22.4 Å². The lowest BCUT2D eigenvalue weighted by Crippen LogP contribution is -2.14. The summed E-state index contributed by atoms with van der Waals surface area (Å²) in [6, 6.07) is 2.64. The Labute approximate surface area is 97.7 Å².